The number of carbonyl (C=O) groups excluding carboxylic acids is 1. The van der Waals surface area contributed by atoms with Crippen molar-refractivity contribution in [3.05, 3.63) is 59.8 Å². The maximum Gasteiger partial charge on any atom is 0.244 e. The fourth-order valence-electron chi connectivity index (χ4n) is 3.03. The van der Waals surface area contributed by atoms with Gasteiger partial charge in [0.25, 0.3) is 0 Å². The zero-order valence-electron chi connectivity index (χ0n) is 15.7. The molecule has 0 bridgehead atoms. The van der Waals surface area contributed by atoms with E-state index in [1.807, 2.05) is 30.5 Å². The lowest BCUT2D eigenvalue weighted by atomic mass is 10.1. The molecular weight excluding hydrogens is 342 g/mol. The number of para-hydroxylation sites is 1. The average molecular weight is 365 g/mol. The van der Waals surface area contributed by atoms with Crippen LogP contribution < -0.4 is 14.9 Å². The highest BCUT2D eigenvalue weighted by Gasteiger charge is 2.08. The first-order valence-electron chi connectivity index (χ1n) is 8.77. The van der Waals surface area contributed by atoms with Crippen molar-refractivity contribution in [1.82, 2.24) is 9.99 Å². The first-order chi connectivity index (χ1) is 13.2. The second-order valence-corrected chi connectivity index (χ2v) is 6.05. The Morgan fingerprint density at radius 3 is 2.67 bits per heavy atom. The number of rotatable bonds is 7. The summed E-state index contributed by atoms with van der Waals surface area (Å²) in [6, 6.07) is 13.5. The van der Waals surface area contributed by atoms with E-state index in [1.165, 1.54) is 0 Å². The average Bonchev–Trinajstić information content (AvgIpc) is 3.06. The third-order valence-electron chi connectivity index (χ3n) is 4.37. The molecular formula is C21H23N3O3. The van der Waals surface area contributed by atoms with E-state index in [0.717, 1.165) is 28.6 Å². The third-order valence-corrected chi connectivity index (χ3v) is 4.37. The number of hydrogen-bond acceptors (Lipinski definition) is 4. The molecule has 6 heteroatoms. The standard InChI is InChI=1S/C21H23N3O3/c1-4-24-14-16(17-7-5-6-8-18(17)24)13-22-23-21(25)12-15-9-10-19(26-2)20(11-15)27-3/h5-11,13-14H,4,12H2,1-3H3,(H,23,25)/b22-13+. The number of benzene rings is 2. The number of fused-ring (bicyclic) bond motifs is 1. The number of carbonyl (C=O) groups is 1. The number of nitrogens with zero attached hydrogens (tertiary/aromatic N) is 2. The van der Waals surface area contributed by atoms with E-state index >= 15 is 0 Å². The van der Waals surface area contributed by atoms with Gasteiger partial charge in [0.15, 0.2) is 11.5 Å². The SMILES string of the molecule is CCn1cc(/C=N/NC(=O)Cc2ccc(OC)c(OC)c2)c2ccccc21. The molecule has 0 saturated heterocycles. The molecule has 6 nitrogen and oxygen atoms in total. The van der Waals surface area contributed by atoms with Crippen molar-refractivity contribution in [2.75, 3.05) is 14.2 Å². The van der Waals surface area contributed by atoms with Crippen LogP contribution in [-0.2, 0) is 17.8 Å². The van der Waals surface area contributed by atoms with Crippen molar-refractivity contribution < 1.29 is 14.3 Å². The van der Waals surface area contributed by atoms with Gasteiger partial charge in [0.2, 0.25) is 5.91 Å². The van der Waals surface area contributed by atoms with Crippen LogP contribution in [0.15, 0.2) is 53.8 Å². The highest BCUT2D eigenvalue weighted by Crippen LogP contribution is 2.27. The quantitative estimate of drug-likeness (QED) is 0.516. The van der Waals surface area contributed by atoms with Gasteiger partial charge in [-0.05, 0) is 30.7 Å². The van der Waals surface area contributed by atoms with Crippen LogP contribution in [0.3, 0.4) is 0 Å². The lowest BCUT2D eigenvalue weighted by Crippen LogP contribution is -2.19. The summed E-state index contributed by atoms with van der Waals surface area (Å²) in [5.74, 6) is 1.03. The number of hydrazone groups is 1. The molecule has 0 unspecified atom stereocenters. The van der Waals surface area contributed by atoms with Crippen LogP contribution in [-0.4, -0.2) is 30.9 Å². The Kier molecular flexibility index (Phi) is 5.76. The largest absolute Gasteiger partial charge is 0.493 e. The lowest BCUT2D eigenvalue weighted by molar-refractivity contribution is -0.120. The maximum absolute atomic E-state index is 12.2. The first kappa shape index (κ1) is 18.5. The zero-order valence-corrected chi connectivity index (χ0v) is 15.7. The molecule has 0 spiro atoms. The molecule has 1 amide bonds. The van der Waals surface area contributed by atoms with Gasteiger partial charge in [-0.25, -0.2) is 5.43 Å². The summed E-state index contributed by atoms with van der Waals surface area (Å²) < 4.78 is 12.6. The van der Waals surface area contributed by atoms with Gasteiger partial charge >= 0.3 is 0 Å². The number of aromatic nitrogens is 1. The normalized spacial score (nSPS) is 11.1. The molecule has 1 N–H and O–H groups in total. The van der Waals surface area contributed by atoms with Gasteiger partial charge in [0, 0.05) is 29.2 Å². The molecule has 0 radical (unpaired) electrons. The molecule has 0 fully saturated rings. The Morgan fingerprint density at radius 1 is 1.15 bits per heavy atom. The number of methoxy groups -OCH3 is 2. The summed E-state index contributed by atoms with van der Waals surface area (Å²) in [7, 11) is 3.15. The number of ether oxygens (including phenoxy) is 2. The van der Waals surface area contributed by atoms with Gasteiger partial charge in [-0.3, -0.25) is 4.79 Å². The molecule has 3 rings (SSSR count). The molecule has 0 aliphatic rings. The molecule has 0 aliphatic carbocycles. The van der Waals surface area contributed by atoms with E-state index in [4.69, 9.17) is 9.47 Å². The molecule has 140 valence electrons. The van der Waals surface area contributed by atoms with Crippen molar-refractivity contribution >= 4 is 23.0 Å². The Morgan fingerprint density at radius 2 is 1.93 bits per heavy atom. The van der Waals surface area contributed by atoms with Gasteiger partial charge in [-0.1, -0.05) is 24.3 Å². The van der Waals surface area contributed by atoms with E-state index in [-0.39, 0.29) is 12.3 Å². The van der Waals surface area contributed by atoms with Crippen LogP contribution in [0.2, 0.25) is 0 Å². The number of amides is 1. The molecule has 2 aromatic carbocycles. The minimum atomic E-state index is -0.197. The van der Waals surface area contributed by atoms with Crippen LogP contribution in [0.4, 0.5) is 0 Å². The van der Waals surface area contributed by atoms with Gasteiger partial charge < -0.3 is 14.0 Å². The van der Waals surface area contributed by atoms with Crippen LogP contribution in [0, 0.1) is 0 Å². The fraction of sp³-hybridized carbons (Fsp3) is 0.238. The smallest absolute Gasteiger partial charge is 0.244 e. The lowest BCUT2D eigenvalue weighted by Gasteiger charge is -2.09. The molecule has 1 heterocycles. The summed E-state index contributed by atoms with van der Waals surface area (Å²) >= 11 is 0. The Bertz CT molecular complexity index is 976. The maximum atomic E-state index is 12.2. The number of nitrogens with one attached hydrogen (secondary N) is 1. The van der Waals surface area contributed by atoms with E-state index in [2.05, 4.69) is 28.1 Å². The topological polar surface area (TPSA) is 64.9 Å². The van der Waals surface area contributed by atoms with Crippen molar-refractivity contribution in [3.8, 4) is 11.5 Å². The summed E-state index contributed by atoms with van der Waals surface area (Å²) in [6.45, 7) is 2.97. The van der Waals surface area contributed by atoms with Crippen LogP contribution >= 0.6 is 0 Å². The molecule has 0 aliphatic heterocycles. The van der Waals surface area contributed by atoms with Crippen LogP contribution in [0.25, 0.3) is 10.9 Å². The van der Waals surface area contributed by atoms with E-state index in [0.29, 0.717) is 11.5 Å². The zero-order chi connectivity index (χ0) is 19.2. The monoisotopic (exact) mass is 365 g/mol. The van der Waals surface area contributed by atoms with Gasteiger partial charge in [-0.15, -0.1) is 0 Å². The Balaban J connectivity index is 1.67. The summed E-state index contributed by atoms with van der Waals surface area (Å²) in [5, 5.41) is 5.23. The molecule has 27 heavy (non-hydrogen) atoms. The minimum Gasteiger partial charge on any atom is -0.493 e. The van der Waals surface area contributed by atoms with E-state index < -0.39 is 0 Å². The van der Waals surface area contributed by atoms with Crippen LogP contribution in [0.1, 0.15) is 18.1 Å². The second kappa shape index (κ2) is 8.40. The van der Waals surface area contributed by atoms with Crippen molar-refractivity contribution in [2.45, 2.75) is 19.9 Å². The number of aryl methyl sites for hydroxylation is 1. The van der Waals surface area contributed by atoms with Crippen molar-refractivity contribution in [2.24, 2.45) is 5.10 Å². The first-order valence-corrected chi connectivity index (χ1v) is 8.77. The van der Waals surface area contributed by atoms with E-state index in [9.17, 15) is 4.79 Å². The summed E-state index contributed by atoms with van der Waals surface area (Å²) in [4.78, 5) is 12.2. The molecule has 0 atom stereocenters. The Labute approximate surface area is 158 Å². The molecule has 3 aromatic rings. The highest BCUT2D eigenvalue weighted by atomic mass is 16.5. The second-order valence-electron chi connectivity index (χ2n) is 6.05. The minimum absolute atomic E-state index is 0.197. The molecule has 0 saturated carbocycles. The molecule has 1 aromatic heterocycles. The predicted octanol–water partition coefficient (Wildman–Crippen LogP) is 3.37. The van der Waals surface area contributed by atoms with Crippen molar-refractivity contribution in [3.63, 3.8) is 0 Å². The third kappa shape index (κ3) is 4.11. The van der Waals surface area contributed by atoms with Gasteiger partial charge in [-0.2, -0.15) is 5.10 Å². The summed E-state index contributed by atoms with van der Waals surface area (Å²) in [6.07, 6.45) is 3.92. The van der Waals surface area contributed by atoms with Gasteiger partial charge in [0.1, 0.15) is 0 Å². The Hall–Kier alpha value is -3.28. The highest BCUT2D eigenvalue weighted by molar-refractivity contribution is 5.99. The summed E-state index contributed by atoms with van der Waals surface area (Å²) in [5.41, 5.74) is 5.53. The van der Waals surface area contributed by atoms with Crippen molar-refractivity contribution in [1.29, 1.82) is 0 Å². The fourth-order valence-corrected chi connectivity index (χ4v) is 3.03. The van der Waals surface area contributed by atoms with E-state index in [1.54, 1.807) is 32.6 Å². The van der Waals surface area contributed by atoms with Gasteiger partial charge in [0.05, 0.1) is 26.9 Å². The predicted molar refractivity (Wildman–Crippen MR) is 107 cm³/mol. The number of hydrogen-bond donors (Lipinski definition) is 1. The van der Waals surface area contributed by atoms with Crippen LogP contribution in [0.5, 0.6) is 11.5 Å².